The number of nitrogens with one attached hydrogen (secondary N) is 1. The zero-order valence-corrected chi connectivity index (χ0v) is 11.5. The van der Waals surface area contributed by atoms with Gasteiger partial charge in [-0.15, -0.1) is 0 Å². The van der Waals surface area contributed by atoms with E-state index in [0.29, 0.717) is 6.42 Å². The second kappa shape index (κ2) is 5.67. The summed E-state index contributed by atoms with van der Waals surface area (Å²) >= 11 is 0. The van der Waals surface area contributed by atoms with Crippen LogP contribution >= 0.6 is 0 Å². The monoisotopic (exact) mass is 273 g/mol. The van der Waals surface area contributed by atoms with Crippen molar-refractivity contribution in [2.45, 2.75) is 38.3 Å². The second-order valence-electron chi connectivity index (χ2n) is 5.29. The molecule has 0 saturated carbocycles. The molecule has 20 heavy (non-hydrogen) atoms. The molecule has 3 heterocycles. The van der Waals surface area contributed by atoms with Crippen molar-refractivity contribution in [3.8, 4) is 0 Å². The molecule has 4 nitrogen and oxygen atoms in total. The van der Waals surface area contributed by atoms with Gasteiger partial charge in [0, 0.05) is 12.3 Å². The minimum atomic E-state index is -0.0688. The summed E-state index contributed by atoms with van der Waals surface area (Å²) in [6.45, 7) is 2.10. The maximum absolute atomic E-state index is 12.5. The molecule has 3 atom stereocenters. The summed E-state index contributed by atoms with van der Waals surface area (Å²) in [5, 5.41) is 3.52. The van der Waals surface area contributed by atoms with Gasteiger partial charge in [-0.3, -0.25) is 10.1 Å². The molecule has 0 amide bonds. The van der Waals surface area contributed by atoms with Crippen LogP contribution in [0.3, 0.4) is 0 Å². The van der Waals surface area contributed by atoms with E-state index in [9.17, 15) is 4.79 Å². The average Bonchev–Trinajstić information content (AvgIpc) is 3.14. The summed E-state index contributed by atoms with van der Waals surface area (Å²) in [6.07, 6.45) is 5.64. The van der Waals surface area contributed by atoms with Crippen molar-refractivity contribution in [3.05, 3.63) is 48.3 Å². The zero-order chi connectivity index (χ0) is 13.9. The fourth-order valence-electron chi connectivity index (χ4n) is 2.99. The molecule has 3 rings (SSSR count). The van der Waals surface area contributed by atoms with E-state index < -0.39 is 0 Å². The van der Waals surface area contributed by atoms with Gasteiger partial charge in [0.2, 0.25) is 0 Å². The number of hydrogen-bond acceptors (Lipinski definition) is 4. The first kappa shape index (κ1) is 13.2. The molecule has 0 unspecified atom stereocenters. The van der Waals surface area contributed by atoms with Gasteiger partial charge in [-0.1, -0.05) is 13.3 Å². The van der Waals surface area contributed by atoms with Gasteiger partial charge in [-0.2, -0.15) is 0 Å². The van der Waals surface area contributed by atoms with E-state index in [0.717, 1.165) is 24.4 Å². The first-order chi connectivity index (χ1) is 9.79. The van der Waals surface area contributed by atoms with Crippen molar-refractivity contribution in [1.29, 1.82) is 0 Å². The van der Waals surface area contributed by atoms with Gasteiger partial charge >= 0.3 is 0 Å². The van der Waals surface area contributed by atoms with Gasteiger partial charge in [-0.25, -0.2) is 0 Å². The van der Waals surface area contributed by atoms with Crippen LogP contribution in [0.2, 0.25) is 0 Å². The van der Waals surface area contributed by atoms with Gasteiger partial charge in [0.1, 0.15) is 17.3 Å². The number of carbonyl (C=O) groups excluding carboxylic acids is 1. The lowest BCUT2D eigenvalue weighted by atomic mass is 9.81. The molecule has 2 aromatic rings. The van der Waals surface area contributed by atoms with Crippen LogP contribution in [-0.4, -0.2) is 5.78 Å². The highest BCUT2D eigenvalue weighted by Crippen LogP contribution is 2.37. The molecule has 106 valence electrons. The molecule has 0 bridgehead atoms. The Kier molecular flexibility index (Phi) is 3.74. The van der Waals surface area contributed by atoms with Crippen LogP contribution in [0.4, 0.5) is 0 Å². The average molecular weight is 273 g/mol. The normalized spacial score (nSPS) is 26.9. The Labute approximate surface area is 118 Å². The Morgan fingerprint density at radius 1 is 1.20 bits per heavy atom. The van der Waals surface area contributed by atoms with Crippen LogP contribution in [-0.2, 0) is 4.79 Å². The predicted octanol–water partition coefficient (Wildman–Crippen LogP) is 3.63. The molecule has 1 aliphatic rings. The number of Topliss-reactive ketones (excluding diaryl/α,β-unsaturated/α-hetero) is 1. The van der Waals surface area contributed by atoms with Crippen molar-refractivity contribution in [2.75, 3.05) is 0 Å². The van der Waals surface area contributed by atoms with E-state index in [1.807, 2.05) is 24.3 Å². The minimum Gasteiger partial charge on any atom is -0.468 e. The highest BCUT2D eigenvalue weighted by Gasteiger charge is 2.39. The lowest BCUT2D eigenvalue weighted by Crippen LogP contribution is -2.42. The Hall–Kier alpha value is -1.81. The summed E-state index contributed by atoms with van der Waals surface area (Å²) in [6, 6.07) is 7.41. The third kappa shape index (κ3) is 2.43. The molecule has 1 saturated heterocycles. The molecule has 2 aromatic heterocycles. The topological polar surface area (TPSA) is 55.4 Å². The van der Waals surface area contributed by atoms with Crippen molar-refractivity contribution in [3.63, 3.8) is 0 Å². The first-order valence-corrected chi connectivity index (χ1v) is 7.15. The summed E-state index contributed by atoms with van der Waals surface area (Å²) < 4.78 is 11.0. The Morgan fingerprint density at radius 3 is 2.50 bits per heavy atom. The fraction of sp³-hybridized carbons (Fsp3) is 0.438. The third-order valence-corrected chi connectivity index (χ3v) is 3.94. The van der Waals surface area contributed by atoms with Crippen molar-refractivity contribution >= 4 is 5.78 Å². The number of carbonyl (C=O) groups is 1. The number of hydrogen-bond donors (Lipinski definition) is 1. The number of piperidine rings is 1. The molecule has 0 aliphatic carbocycles. The van der Waals surface area contributed by atoms with Gasteiger partial charge in [0.05, 0.1) is 24.6 Å². The van der Waals surface area contributed by atoms with E-state index in [-0.39, 0.29) is 23.8 Å². The summed E-state index contributed by atoms with van der Waals surface area (Å²) in [4.78, 5) is 12.5. The fourth-order valence-corrected chi connectivity index (χ4v) is 2.99. The smallest absolute Gasteiger partial charge is 0.140 e. The van der Waals surface area contributed by atoms with Crippen LogP contribution in [0.15, 0.2) is 45.6 Å². The maximum Gasteiger partial charge on any atom is 0.140 e. The van der Waals surface area contributed by atoms with Crippen LogP contribution < -0.4 is 5.32 Å². The minimum absolute atomic E-state index is 0.0163. The van der Waals surface area contributed by atoms with Gasteiger partial charge in [0.15, 0.2) is 0 Å². The van der Waals surface area contributed by atoms with Gasteiger partial charge in [0.25, 0.3) is 0 Å². The number of furan rings is 2. The third-order valence-electron chi connectivity index (χ3n) is 3.94. The zero-order valence-electron chi connectivity index (χ0n) is 11.5. The van der Waals surface area contributed by atoms with Crippen LogP contribution in [0.25, 0.3) is 0 Å². The Balaban J connectivity index is 1.87. The predicted molar refractivity (Wildman–Crippen MR) is 74.1 cm³/mol. The molecular formula is C16H19NO3. The lowest BCUT2D eigenvalue weighted by molar-refractivity contribution is -0.127. The van der Waals surface area contributed by atoms with Crippen LogP contribution in [0.5, 0.6) is 0 Å². The number of rotatable bonds is 4. The maximum atomic E-state index is 12.5. The molecule has 4 heteroatoms. The van der Waals surface area contributed by atoms with Crippen molar-refractivity contribution in [1.82, 2.24) is 5.32 Å². The first-order valence-electron chi connectivity index (χ1n) is 7.15. The molecule has 1 N–H and O–H groups in total. The molecular weight excluding hydrogens is 254 g/mol. The highest BCUT2D eigenvalue weighted by atomic mass is 16.3. The summed E-state index contributed by atoms with van der Waals surface area (Å²) in [5.74, 6) is 1.91. The van der Waals surface area contributed by atoms with Crippen LogP contribution in [0, 0.1) is 5.92 Å². The van der Waals surface area contributed by atoms with Crippen LogP contribution in [0.1, 0.15) is 49.8 Å². The summed E-state index contributed by atoms with van der Waals surface area (Å²) in [7, 11) is 0. The Morgan fingerprint density at radius 2 is 1.90 bits per heavy atom. The van der Waals surface area contributed by atoms with E-state index in [2.05, 4.69) is 12.2 Å². The standard InChI is InChI=1S/C16H19NO3/c1-2-5-11-13(18)10-12(14-6-3-8-19-14)17-16(11)15-7-4-9-20-15/h3-4,6-9,11-12,16-17H,2,5,10H2,1H3/t11-,12-,16+/m0/s1. The molecule has 0 aromatic carbocycles. The SMILES string of the molecule is CCC[C@H]1C(=O)C[C@@H](c2ccco2)N[C@H]1c1ccco1. The van der Waals surface area contributed by atoms with E-state index in [1.54, 1.807) is 12.5 Å². The van der Waals surface area contributed by atoms with E-state index >= 15 is 0 Å². The van der Waals surface area contributed by atoms with Crippen molar-refractivity contribution in [2.24, 2.45) is 5.92 Å². The van der Waals surface area contributed by atoms with E-state index in [1.165, 1.54) is 0 Å². The highest BCUT2D eigenvalue weighted by molar-refractivity contribution is 5.83. The van der Waals surface area contributed by atoms with Gasteiger partial charge in [-0.05, 0) is 30.7 Å². The van der Waals surface area contributed by atoms with Crippen molar-refractivity contribution < 1.29 is 13.6 Å². The molecule has 0 radical (unpaired) electrons. The quantitative estimate of drug-likeness (QED) is 0.924. The summed E-state index contributed by atoms with van der Waals surface area (Å²) in [5.41, 5.74) is 0. The largest absolute Gasteiger partial charge is 0.468 e. The molecule has 1 aliphatic heterocycles. The van der Waals surface area contributed by atoms with Gasteiger partial charge < -0.3 is 8.83 Å². The number of ketones is 1. The lowest BCUT2D eigenvalue weighted by Gasteiger charge is -2.34. The second-order valence-corrected chi connectivity index (χ2v) is 5.29. The molecule has 1 fully saturated rings. The molecule has 0 spiro atoms. The van der Waals surface area contributed by atoms with E-state index in [4.69, 9.17) is 8.83 Å². The Bertz CT molecular complexity index is 544.